The van der Waals surface area contributed by atoms with Gasteiger partial charge in [0.05, 0.1) is 34.3 Å². The van der Waals surface area contributed by atoms with Crippen molar-refractivity contribution in [2.75, 3.05) is 37.8 Å². The summed E-state index contributed by atoms with van der Waals surface area (Å²) in [5, 5.41) is 12.3. The van der Waals surface area contributed by atoms with Crippen LogP contribution in [0.2, 0.25) is 0 Å². The van der Waals surface area contributed by atoms with Crippen LogP contribution >= 0.6 is 23.1 Å². The smallest absolute Gasteiger partial charge is 0.240 e. The number of unbranched alkanes of at least 4 members (excludes halogenated alkanes) is 1. The van der Waals surface area contributed by atoms with E-state index in [-0.39, 0.29) is 11.9 Å². The molecule has 2 aliphatic heterocycles. The van der Waals surface area contributed by atoms with E-state index in [1.807, 2.05) is 29.2 Å². The molecule has 8 heteroatoms. The van der Waals surface area contributed by atoms with Gasteiger partial charge in [0.25, 0.3) is 0 Å². The van der Waals surface area contributed by atoms with E-state index in [0.29, 0.717) is 11.5 Å². The topological polar surface area (TPSA) is 86.2 Å². The molecular weight excluding hydrogens is 438 g/mol. The average Bonchev–Trinajstić information content (AvgIpc) is 3.54. The van der Waals surface area contributed by atoms with Crippen LogP contribution in [0.15, 0.2) is 29.6 Å². The number of amides is 1. The van der Waals surface area contributed by atoms with Gasteiger partial charge < -0.3 is 15.5 Å². The highest BCUT2D eigenvalue weighted by Gasteiger charge is 2.25. The molecule has 0 aliphatic carbocycles. The van der Waals surface area contributed by atoms with E-state index in [9.17, 15) is 4.79 Å². The maximum atomic E-state index is 12.3. The Labute approximate surface area is 198 Å². The fourth-order valence-corrected chi connectivity index (χ4v) is 6.33. The molecule has 170 valence electrons. The van der Waals surface area contributed by atoms with Crippen molar-refractivity contribution in [2.45, 2.75) is 44.1 Å². The first-order chi connectivity index (χ1) is 15.6. The molecule has 1 amide bonds. The Kier molecular flexibility index (Phi) is 8.20. The Morgan fingerprint density at radius 1 is 1.22 bits per heavy atom. The van der Waals surface area contributed by atoms with E-state index in [1.165, 1.54) is 5.01 Å². The third-order valence-corrected chi connectivity index (χ3v) is 8.36. The summed E-state index contributed by atoms with van der Waals surface area (Å²) in [5.74, 6) is 2.49. The maximum absolute atomic E-state index is 12.3. The van der Waals surface area contributed by atoms with Crippen molar-refractivity contribution in [1.82, 2.24) is 14.8 Å². The van der Waals surface area contributed by atoms with E-state index < -0.39 is 0 Å². The minimum atomic E-state index is -0.338. The summed E-state index contributed by atoms with van der Waals surface area (Å²) in [6, 6.07) is 9.47. The number of nitrogens with two attached hydrogens (primary N) is 1. The number of hydrogen-bond acceptors (Lipinski definition) is 7. The third-order valence-electron chi connectivity index (χ3n) is 6.39. The number of nitriles is 1. The number of aromatic nitrogens is 1. The fraction of sp³-hybridized carbons (Fsp3) is 0.542. The molecule has 1 unspecified atom stereocenters. The van der Waals surface area contributed by atoms with Gasteiger partial charge in [0.1, 0.15) is 0 Å². The molecule has 0 saturated carbocycles. The second-order valence-electron chi connectivity index (χ2n) is 8.62. The van der Waals surface area contributed by atoms with E-state index in [1.54, 1.807) is 23.1 Å². The molecule has 1 atom stereocenters. The Balaban J connectivity index is 1.16. The van der Waals surface area contributed by atoms with Crippen LogP contribution in [0.25, 0.3) is 11.3 Å². The molecule has 3 heterocycles. The van der Waals surface area contributed by atoms with Gasteiger partial charge in [-0.05, 0) is 57.5 Å². The summed E-state index contributed by atoms with van der Waals surface area (Å²) in [6.07, 6.45) is 5.18. The van der Waals surface area contributed by atoms with E-state index in [2.05, 4.69) is 16.3 Å². The lowest BCUT2D eigenvalue weighted by Crippen LogP contribution is -2.42. The molecule has 1 aromatic carbocycles. The van der Waals surface area contributed by atoms with E-state index >= 15 is 0 Å². The van der Waals surface area contributed by atoms with Gasteiger partial charge in [-0.15, -0.1) is 23.1 Å². The number of hydrogen-bond donors (Lipinski definition) is 1. The second kappa shape index (κ2) is 11.3. The quantitative estimate of drug-likeness (QED) is 0.590. The zero-order valence-corrected chi connectivity index (χ0v) is 20.0. The van der Waals surface area contributed by atoms with Crippen LogP contribution in [-0.2, 0) is 4.79 Å². The molecule has 2 aromatic rings. The normalized spacial score (nSPS) is 18.6. The number of likely N-dealkylation sites (tertiary alicyclic amines) is 1. The molecule has 2 aliphatic rings. The van der Waals surface area contributed by atoms with Gasteiger partial charge in [0.2, 0.25) is 5.91 Å². The molecule has 4 rings (SSSR count). The summed E-state index contributed by atoms with van der Waals surface area (Å²) >= 11 is 3.56. The molecule has 32 heavy (non-hydrogen) atoms. The predicted octanol–water partition coefficient (Wildman–Crippen LogP) is 3.89. The molecule has 0 spiro atoms. The largest absolute Gasteiger partial charge is 0.331 e. The van der Waals surface area contributed by atoms with Gasteiger partial charge in [-0.2, -0.15) is 5.26 Å². The van der Waals surface area contributed by atoms with Crippen LogP contribution in [0, 0.1) is 11.3 Å². The van der Waals surface area contributed by atoms with Gasteiger partial charge in [-0.1, -0.05) is 18.6 Å². The van der Waals surface area contributed by atoms with Crippen molar-refractivity contribution in [3.05, 3.63) is 40.2 Å². The van der Waals surface area contributed by atoms with Crippen molar-refractivity contribution < 1.29 is 4.79 Å². The fourth-order valence-electron chi connectivity index (χ4n) is 4.37. The lowest BCUT2D eigenvalue weighted by Gasteiger charge is -2.31. The van der Waals surface area contributed by atoms with Crippen molar-refractivity contribution in [1.29, 1.82) is 5.26 Å². The number of carbonyl (C=O) groups is 1. The first-order valence-electron chi connectivity index (χ1n) is 11.4. The monoisotopic (exact) mass is 469 g/mol. The van der Waals surface area contributed by atoms with Crippen LogP contribution in [-0.4, -0.2) is 64.5 Å². The average molecular weight is 470 g/mol. The summed E-state index contributed by atoms with van der Waals surface area (Å²) in [7, 11) is 0. The number of piperidine rings is 1. The molecule has 6 nitrogen and oxygen atoms in total. The highest BCUT2D eigenvalue weighted by molar-refractivity contribution is 7.99. The zero-order chi connectivity index (χ0) is 22.3. The Bertz CT molecular complexity index is 925. The molecule has 1 aromatic heterocycles. The Morgan fingerprint density at radius 2 is 2.00 bits per heavy atom. The maximum Gasteiger partial charge on any atom is 0.240 e. The minimum Gasteiger partial charge on any atom is -0.331 e. The first-order valence-corrected chi connectivity index (χ1v) is 13.5. The molecule has 2 saturated heterocycles. The Hall–Kier alpha value is -1.92. The number of thioether (sulfide) groups is 1. The molecule has 2 fully saturated rings. The molecule has 0 radical (unpaired) electrons. The summed E-state index contributed by atoms with van der Waals surface area (Å²) in [5.41, 5.74) is 8.88. The van der Waals surface area contributed by atoms with Crippen LogP contribution in [0.3, 0.4) is 0 Å². The molecular formula is C24H31N5OS2. The SMILES string of the molecule is N#Cc1ccc(-c2csc(C3CCN(CCCCC(N)C(=O)N4CCSC4)CC3)n2)cc1. The van der Waals surface area contributed by atoms with Crippen LogP contribution in [0.1, 0.15) is 48.6 Å². The summed E-state index contributed by atoms with van der Waals surface area (Å²) < 4.78 is 0. The van der Waals surface area contributed by atoms with Crippen LogP contribution < -0.4 is 5.73 Å². The van der Waals surface area contributed by atoms with Crippen molar-refractivity contribution >= 4 is 29.0 Å². The standard InChI is InChI=1S/C24H31N5OS2/c25-15-18-4-6-19(7-5-18)22-16-32-23(27-22)20-8-11-28(12-9-20)10-2-1-3-21(26)24(30)29-13-14-31-17-29/h4-7,16,20-21H,1-3,8-14,17,26H2. The second-order valence-corrected chi connectivity index (χ2v) is 10.6. The van der Waals surface area contributed by atoms with Gasteiger partial charge in [-0.25, -0.2) is 4.98 Å². The third kappa shape index (κ3) is 5.90. The van der Waals surface area contributed by atoms with Crippen LogP contribution in [0.5, 0.6) is 0 Å². The lowest BCUT2D eigenvalue weighted by atomic mass is 9.97. The Morgan fingerprint density at radius 3 is 2.69 bits per heavy atom. The highest BCUT2D eigenvalue weighted by Crippen LogP contribution is 2.33. The molecule has 0 bridgehead atoms. The van der Waals surface area contributed by atoms with Crippen molar-refractivity contribution in [3.8, 4) is 17.3 Å². The minimum absolute atomic E-state index is 0.125. The number of thiazole rings is 1. The van der Waals surface area contributed by atoms with Crippen LogP contribution in [0.4, 0.5) is 0 Å². The lowest BCUT2D eigenvalue weighted by molar-refractivity contribution is -0.131. The predicted molar refractivity (Wildman–Crippen MR) is 132 cm³/mol. The van der Waals surface area contributed by atoms with Gasteiger partial charge in [0, 0.05) is 29.2 Å². The van der Waals surface area contributed by atoms with Crippen molar-refractivity contribution in [3.63, 3.8) is 0 Å². The number of carbonyl (C=O) groups excluding carboxylic acids is 1. The number of nitrogens with zero attached hydrogens (tertiary/aromatic N) is 4. The van der Waals surface area contributed by atoms with Crippen molar-refractivity contribution in [2.24, 2.45) is 5.73 Å². The van der Waals surface area contributed by atoms with Gasteiger partial charge in [-0.3, -0.25) is 4.79 Å². The zero-order valence-electron chi connectivity index (χ0n) is 18.4. The first kappa shape index (κ1) is 23.2. The van der Waals surface area contributed by atoms with E-state index in [4.69, 9.17) is 16.0 Å². The summed E-state index contributed by atoms with van der Waals surface area (Å²) in [6.45, 7) is 4.14. The summed E-state index contributed by atoms with van der Waals surface area (Å²) in [4.78, 5) is 21.6. The number of benzene rings is 1. The van der Waals surface area contributed by atoms with Gasteiger partial charge >= 0.3 is 0 Å². The number of rotatable bonds is 8. The highest BCUT2D eigenvalue weighted by atomic mass is 32.2. The van der Waals surface area contributed by atoms with E-state index in [0.717, 1.165) is 81.2 Å². The van der Waals surface area contributed by atoms with Gasteiger partial charge in [0.15, 0.2) is 0 Å². The molecule has 2 N–H and O–H groups in total.